The molecule has 3 heterocycles. The summed E-state index contributed by atoms with van der Waals surface area (Å²) in [6, 6.07) is 16.6. The molecule has 3 aromatic heterocycles. The largest absolute Gasteiger partial charge is 0.497 e. The molecule has 5 aromatic rings. The first-order valence-electron chi connectivity index (χ1n) is 17.1. The number of anilines is 2. The molecule has 0 saturated carbocycles. The number of carbonyl (C=O) groups excluding carboxylic acids is 1. The quantitative estimate of drug-likeness (QED) is 0.135. The zero-order chi connectivity index (χ0) is 40.2. The second-order valence-corrected chi connectivity index (χ2v) is 14.2. The van der Waals surface area contributed by atoms with Crippen LogP contribution < -0.4 is 25.2 Å². The van der Waals surface area contributed by atoms with Gasteiger partial charge in [0.1, 0.15) is 22.1 Å². The number of amides is 1. The van der Waals surface area contributed by atoms with E-state index in [0.29, 0.717) is 28.3 Å². The fourth-order valence-corrected chi connectivity index (χ4v) is 6.03. The number of benzene rings is 2. The summed E-state index contributed by atoms with van der Waals surface area (Å²) in [5.74, 6) is -1.02. The molecule has 5 rings (SSSR count). The monoisotopic (exact) mass is 768 g/mol. The predicted octanol–water partition coefficient (Wildman–Crippen LogP) is 6.81. The highest BCUT2D eigenvalue weighted by Gasteiger charge is 2.33. The van der Waals surface area contributed by atoms with Crippen molar-refractivity contribution in [2.24, 2.45) is 0 Å². The summed E-state index contributed by atoms with van der Waals surface area (Å²) in [6.45, 7) is 9.15. The van der Waals surface area contributed by atoms with Gasteiger partial charge in [-0.2, -0.15) is 15.3 Å². The van der Waals surface area contributed by atoms with Crippen molar-refractivity contribution in [2.75, 3.05) is 31.5 Å². The van der Waals surface area contributed by atoms with Crippen LogP contribution in [0.4, 0.5) is 16.4 Å². The van der Waals surface area contributed by atoms with Crippen molar-refractivity contribution in [2.45, 2.75) is 58.7 Å². The molecule has 15 nitrogen and oxygen atoms in total. The Bertz CT molecular complexity index is 2310. The molecule has 16 heteroatoms. The molecular formula is C39H41ClN8O7. The summed E-state index contributed by atoms with van der Waals surface area (Å²) in [6.07, 6.45) is 2.30. The maximum Gasteiger partial charge on any atom is 0.416 e. The Morgan fingerprint density at radius 1 is 1.07 bits per heavy atom. The zero-order valence-corrected chi connectivity index (χ0v) is 32.4. The lowest BCUT2D eigenvalue weighted by atomic mass is 9.91. The average Bonchev–Trinajstić information content (AvgIpc) is 3.56. The second kappa shape index (κ2) is 16.3. The number of nitriles is 1. The molecule has 55 heavy (non-hydrogen) atoms. The lowest BCUT2D eigenvalue weighted by Crippen LogP contribution is -2.35. The molecule has 2 aromatic carbocycles. The average molecular weight is 769 g/mol. The summed E-state index contributed by atoms with van der Waals surface area (Å²) in [5, 5.41) is 28.1. The van der Waals surface area contributed by atoms with Gasteiger partial charge in [0, 0.05) is 18.8 Å². The summed E-state index contributed by atoms with van der Waals surface area (Å²) in [7, 11) is 4.40. The van der Waals surface area contributed by atoms with Crippen LogP contribution in [0, 0.1) is 11.3 Å². The SMILES string of the molecule is COc1ccc(Cn2cc(NC(c3ccc(C#N)cc3)c3c(C(=O)O)nn(-c4cnc(N(C)C(=O)OC(C)(C)C)nc4OC)c3C(C)C)cc(Cl)c2=O)cc1. The van der Waals surface area contributed by atoms with Crippen molar-refractivity contribution in [3.63, 3.8) is 0 Å². The number of pyridine rings is 1. The first-order chi connectivity index (χ1) is 26.0. The van der Waals surface area contributed by atoms with Crippen LogP contribution in [0.2, 0.25) is 5.02 Å². The van der Waals surface area contributed by atoms with E-state index in [-0.39, 0.29) is 46.3 Å². The van der Waals surface area contributed by atoms with Crippen molar-refractivity contribution in [1.29, 1.82) is 5.26 Å². The molecule has 1 amide bonds. The molecule has 0 fully saturated rings. The third-order valence-electron chi connectivity index (χ3n) is 8.35. The Morgan fingerprint density at radius 3 is 2.31 bits per heavy atom. The Hall–Kier alpha value is -6.40. The van der Waals surface area contributed by atoms with Crippen molar-refractivity contribution in [3.05, 3.63) is 116 Å². The number of carboxylic acid groups (broad SMARTS) is 1. The minimum absolute atomic E-state index is 0.00794. The van der Waals surface area contributed by atoms with E-state index in [2.05, 4.69) is 26.5 Å². The number of ether oxygens (including phenoxy) is 3. The van der Waals surface area contributed by atoms with E-state index >= 15 is 0 Å². The number of nitrogens with one attached hydrogen (secondary N) is 1. The minimum atomic E-state index is -1.32. The Morgan fingerprint density at radius 2 is 1.75 bits per heavy atom. The van der Waals surface area contributed by atoms with E-state index in [1.165, 1.54) is 35.7 Å². The molecule has 2 N–H and O–H groups in total. The third-order valence-corrected chi connectivity index (χ3v) is 8.62. The lowest BCUT2D eigenvalue weighted by molar-refractivity contribution is 0.0586. The van der Waals surface area contributed by atoms with Gasteiger partial charge in [-0.05, 0) is 68.1 Å². The molecule has 1 unspecified atom stereocenters. The smallest absolute Gasteiger partial charge is 0.416 e. The number of carbonyl (C=O) groups is 2. The molecule has 1 atom stereocenters. The van der Waals surface area contributed by atoms with Crippen LogP contribution in [0.5, 0.6) is 11.6 Å². The van der Waals surface area contributed by atoms with Crippen LogP contribution >= 0.6 is 11.6 Å². The fraction of sp³-hybridized carbons (Fsp3) is 0.308. The van der Waals surface area contributed by atoms with Gasteiger partial charge in [0.25, 0.3) is 5.56 Å². The normalized spacial score (nSPS) is 11.8. The molecule has 0 aliphatic heterocycles. The number of halogens is 1. The highest BCUT2D eigenvalue weighted by atomic mass is 35.5. The Kier molecular flexibility index (Phi) is 11.8. The number of aromatic carboxylic acids is 1. The van der Waals surface area contributed by atoms with E-state index < -0.39 is 29.3 Å². The number of rotatable bonds is 12. The van der Waals surface area contributed by atoms with Crippen molar-refractivity contribution >= 4 is 35.3 Å². The number of methoxy groups -OCH3 is 2. The highest BCUT2D eigenvalue weighted by molar-refractivity contribution is 6.30. The molecule has 0 bridgehead atoms. The van der Waals surface area contributed by atoms with Gasteiger partial charge in [-0.25, -0.2) is 24.2 Å². The summed E-state index contributed by atoms with van der Waals surface area (Å²) in [5.41, 5.74) is 1.68. The van der Waals surface area contributed by atoms with Crippen LogP contribution in [0.25, 0.3) is 5.69 Å². The van der Waals surface area contributed by atoms with Gasteiger partial charge in [0.15, 0.2) is 5.69 Å². The summed E-state index contributed by atoms with van der Waals surface area (Å²) >= 11 is 6.51. The Balaban J connectivity index is 1.68. The number of hydrogen-bond acceptors (Lipinski definition) is 11. The maximum atomic E-state index is 13.2. The summed E-state index contributed by atoms with van der Waals surface area (Å²) < 4.78 is 19.2. The van der Waals surface area contributed by atoms with E-state index in [1.54, 1.807) is 70.5 Å². The number of aromatic nitrogens is 5. The van der Waals surface area contributed by atoms with Crippen LogP contribution in [-0.2, 0) is 11.3 Å². The molecular weight excluding hydrogens is 728 g/mol. The number of carboxylic acids is 1. The molecule has 286 valence electrons. The van der Waals surface area contributed by atoms with E-state index in [0.717, 1.165) is 10.5 Å². The van der Waals surface area contributed by atoms with Crippen molar-refractivity contribution in [3.8, 4) is 23.4 Å². The first-order valence-corrected chi connectivity index (χ1v) is 17.5. The molecule has 0 radical (unpaired) electrons. The van der Waals surface area contributed by atoms with Crippen LogP contribution in [-0.4, -0.2) is 68.4 Å². The van der Waals surface area contributed by atoms with Gasteiger partial charge in [-0.15, -0.1) is 0 Å². The van der Waals surface area contributed by atoms with Crippen LogP contribution in [0.1, 0.15) is 85.0 Å². The second-order valence-electron chi connectivity index (χ2n) is 13.8. The van der Waals surface area contributed by atoms with Crippen molar-refractivity contribution < 1.29 is 28.9 Å². The van der Waals surface area contributed by atoms with Gasteiger partial charge >= 0.3 is 12.1 Å². The topological polar surface area (TPSA) is 187 Å². The predicted molar refractivity (Wildman–Crippen MR) is 206 cm³/mol. The Labute approximate surface area is 322 Å². The van der Waals surface area contributed by atoms with Crippen LogP contribution in [0.3, 0.4) is 0 Å². The standard InChI is InChI=1S/C39H41ClN8O7/c1-22(2)33-30(32(36(50)51)45-48(33)29-19-42-37(44-34(29)54-8)46(6)38(52)55-39(3,4)5)31(25-13-9-23(18-41)10-14-25)43-26-17-28(40)35(49)47(21-26)20-24-11-15-27(53-7)16-12-24/h9-17,19,21-22,31,43H,20H2,1-8H3,(H,50,51). The summed E-state index contributed by atoms with van der Waals surface area (Å²) in [4.78, 5) is 49.1. The molecule has 0 aliphatic rings. The van der Waals surface area contributed by atoms with Gasteiger partial charge < -0.3 is 29.2 Å². The molecule has 0 saturated heterocycles. The highest BCUT2D eigenvalue weighted by Crippen LogP contribution is 2.38. The van der Waals surface area contributed by atoms with Gasteiger partial charge in [-0.3, -0.25) is 4.79 Å². The zero-order valence-electron chi connectivity index (χ0n) is 31.6. The third kappa shape index (κ3) is 8.88. The van der Waals surface area contributed by atoms with Gasteiger partial charge in [0.2, 0.25) is 11.8 Å². The van der Waals surface area contributed by atoms with Gasteiger partial charge in [-0.1, -0.05) is 49.7 Å². The maximum absolute atomic E-state index is 13.2. The fourth-order valence-electron chi connectivity index (χ4n) is 5.81. The van der Waals surface area contributed by atoms with Gasteiger partial charge in [0.05, 0.1) is 56.0 Å². The minimum Gasteiger partial charge on any atom is -0.497 e. The van der Waals surface area contributed by atoms with E-state index in [4.69, 9.17) is 25.8 Å². The molecule has 0 spiro atoms. The lowest BCUT2D eigenvalue weighted by Gasteiger charge is -2.25. The van der Waals surface area contributed by atoms with E-state index in [1.807, 2.05) is 26.0 Å². The van der Waals surface area contributed by atoms with Crippen molar-refractivity contribution in [1.82, 2.24) is 24.3 Å². The number of hydrogen-bond donors (Lipinski definition) is 2. The number of nitrogens with zero attached hydrogens (tertiary/aromatic N) is 7. The van der Waals surface area contributed by atoms with E-state index in [9.17, 15) is 24.8 Å². The first kappa shape index (κ1) is 39.8. The van der Waals surface area contributed by atoms with Crippen LogP contribution in [0.15, 0.2) is 71.8 Å². The molecule has 0 aliphatic carbocycles.